The van der Waals surface area contributed by atoms with Gasteiger partial charge in [-0.05, 0) is 48.0 Å². The highest BCUT2D eigenvalue weighted by Gasteiger charge is 2.27. The second-order valence-corrected chi connectivity index (χ2v) is 11.2. The van der Waals surface area contributed by atoms with Crippen molar-refractivity contribution in [2.24, 2.45) is 0 Å². The molecule has 0 aliphatic carbocycles. The molecule has 5 aromatic rings. The number of halogens is 1. The highest BCUT2D eigenvalue weighted by Crippen LogP contribution is 2.41. The number of para-hydroxylation sites is 1. The van der Waals surface area contributed by atoms with Gasteiger partial charge in [-0.15, -0.1) is 0 Å². The van der Waals surface area contributed by atoms with E-state index in [4.69, 9.17) is 4.42 Å². The summed E-state index contributed by atoms with van der Waals surface area (Å²) >= 11 is 0. The largest absolute Gasteiger partial charge is 0.455 e. The molecule has 9 heteroatoms. The van der Waals surface area contributed by atoms with Crippen molar-refractivity contribution in [2.75, 3.05) is 36.0 Å². The topological polar surface area (TPSA) is 91.7 Å². The van der Waals surface area contributed by atoms with Crippen molar-refractivity contribution in [3.05, 3.63) is 108 Å². The van der Waals surface area contributed by atoms with E-state index in [0.29, 0.717) is 34.3 Å². The van der Waals surface area contributed by atoms with Crippen molar-refractivity contribution in [1.82, 2.24) is 5.32 Å². The van der Waals surface area contributed by atoms with Crippen LogP contribution in [0.15, 0.2) is 101 Å². The zero-order valence-corrected chi connectivity index (χ0v) is 22.8. The molecule has 0 bridgehead atoms. The van der Waals surface area contributed by atoms with Gasteiger partial charge in [-0.25, -0.2) is 12.8 Å². The van der Waals surface area contributed by atoms with Gasteiger partial charge in [-0.2, -0.15) is 0 Å². The normalized spacial score (nSPS) is 11.4. The van der Waals surface area contributed by atoms with Crippen LogP contribution in [0.5, 0.6) is 0 Å². The third-order valence-corrected chi connectivity index (χ3v) is 7.72. The lowest BCUT2D eigenvalue weighted by Crippen LogP contribution is -2.34. The molecule has 0 aliphatic rings. The molecule has 7 nitrogen and oxygen atoms in total. The average molecular weight is 558 g/mol. The van der Waals surface area contributed by atoms with Crippen LogP contribution >= 0.6 is 0 Å². The molecule has 1 amide bonds. The summed E-state index contributed by atoms with van der Waals surface area (Å²) in [7, 11) is -2.20. The summed E-state index contributed by atoms with van der Waals surface area (Å²) in [6, 6.07) is 28.0. The van der Waals surface area contributed by atoms with E-state index in [0.717, 1.165) is 17.5 Å². The fraction of sp³-hybridized carbons (Fsp3) is 0.129. The number of anilines is 2. The average Bonchev–Trinajstić information content (AvgIpc) is 3.33. The zero-order valence-electron chi connectivity index (χ0n) is 22.0. The lowest BCUT2D eigenvalue weighted by atomic mass is 9.98. The predicted molar refractivity (Wildman–Crippen MR) is 158 cm³/mol. The molecule has 0 saturated carbocycles. The first-order valence-electron chi connectivity index (χ1n) is 12.7. The Labute approximate surface area is 232 Å². The molecule has 0 aliphatic heterocycles. The number of hydrogen-bond donors (Lipinski definition) is 2. The van der Waals surface area contributed by atoms with E-state index >= 15 is 0 Å². The minimum atomic E-state index is -3.72. The summed E-state index contributed by atoms with van der Waals surface area (Å²) in [6.45, 7) is 0.499. The van der Waals surface area contributed by atoms with Gasteiger partial charge in [-0.3, -0.25) is 9.10 Å². The summed E-state index contributed by atoms with van der Waals surface area (Å²) in [5, 5.41) is 6.43. The second kappa shape index (κ2) is 11.2. The molecule has 0 fully saturated rings. The molecular weight excluding hydrogens is 529 g/mol. The van der Waals surface area contributed by atoms with E-state index in [1.807, 2.05) is 60.7 Å². The third kappa shape index (κ3) is 5.55. The molecule has 40 heavy (non-hydrogen) atoms. The van der Waals surface area contributed by atoms with Crippen LogP contribution < -0.4 is 14.9 Å². The van der Waals surface area contributed by atoms with Gasteiger partial charge in [0.15, 0.2) is 0 Å². The number of hydrogen-bond acceptors (Lipinski definition) is 5. The monoisotopic (exact) mass is 557 g/mol. The van der Waals surface area contributed by atoms with Gasteiger partial charge in [0, 0.05) is 41.9 Å². The maximum atomic E-state index is 13.7. The molecule has 0 saturated heterocycles. The Bertz CT molecular complexity index is 1750. The number of furan rings is 1. The van der Waals surface area contributed by atoms with E-state index in [-0.39, 0.29) is 23.8 Å². The van der Waals surface area contributed by atoms with Gasteiger partial charge in [0.25, 0.3) is 5.91 Å². The Morgan fingerprint density at radius 2 is 1.55 bits per heavy atom. The fourth-order valence-electron chi connectivity index (χ4n) is 4.67. The summed E-state index contributed by atoms with van der Waals surface area (Å²) in [5.74, 6) is -0.526. The number of sulfonamides is 1. The number of carbonyl (C=O) groups is 1. The minimum Gasteiger partial charge on any atom is -0.455 e. The molecule has 1 aromatic heterocycles. The molecular formula is C31H28FN3O4S. The molecule has 1 heterocycles. The van der Waals surface area contributed by atoms with Crippen molar-refractivity contribution in [1.29, 1.82) is 0 Å². The van der Waals surface area contributed by atoms with Gasteiger partial charge in [0.2, 0.25) is 10.0 Å². The first-order chi connectivity index (χ1) is 19.3. The van der Waals surface area contributed by atoms with Crippen molar-refractivity contribution in [3.8, 4) is 22.5 Å². The van der Waals surface area contributed by atoms with E-state index in [1.165, 1.54) is 35.6 Å². The molecule has 0 atom stereocenters. The maximum absolute atomic E-state index is 13.7. The van der Waals surface area contributed by atoms with Gasteiger partial charge >= 0.3 is 0 Å². The molecule has 204 valence electrons. The highest BCUT2D eigenvalue weighted by molar-refractivity contribution is 7.92. The van der Waals surface area contributed by atoms with Crippen LogP contribution in [-0.2, 0) is 10.0 Å². The van der Waals surface area contributed by atoms with Crippen molar-refractivity contribution >= 4 is 38.3 Å². The predicted octanol–water partition coefficient (Wildman–Crippen LogP) is 6.14. The fourth-order valence-corrected chi connectivity index (χ4v) is 5.60. The Balaban J connectivity index is 1.69. The van der Waals surface area contributed by atoms with Crippen LogP contribution in [0.3, 0.4) is 0 Å². The number of carbonyl (C=O) groups excluding carboxylic acids is 1. The lowest BCUT2D eigenvalue weighted by Gasteiger charge is -2.25. The van der Waals surface area contributed by atoms with Gasteiger partial charge in [0.05, 0.1) is 24.1 Å². The zero-order chi connectivity index (χ0) is 28.3. The number of nitrogens with one attached hydrogen (secondary N) is 2. The number of fused-ring (bicyclic) bond motifs is 1. The van der Waals surface area contributed by atoms with Crippen LogP contribution in [-0.4, -0.2) is 40.7 Å². The van der Waals surface area contributed by atoms with Crippen LogP contribution in [0, 0.1) is 5.82 Å². The Morgan fingerprint density at radius 3 is 2.17 bits per heavy atom. The molecule has 0 radical (unpaired) electrons. The summed E-state index contributed by atoms with van der Waals surface area (Å²) < 4.78 is 47.5. The smallest absolute Gasteiger partial charge is 0.255 e. The minimum absolute atomic E-state index is 0.146. The first-order valence-corrected chi connectivity index (χ1v) is 14.5. The SMILES string of the molecule is CNC(=O)c1c(-c2ccc(F)cc2)oc2cc(N(CCNc3ccccc3)S(C)(=O)=O)c(-c3ccccc3)cc12. The molecule has 2 N–H and O–H groups in total. The summed E-state index contributed by atoms with van der Waals surface area (Å²) in [4.78, 5) is 13.1. The van der Waals surface area contributed by atoms with E-state index in [1.54, 1.807) is 12.1 Å². The lowest BCUT2D eigenvalue weighted by molar-refractivity contribution is 0.0964. The first kappa shape index (κ1) is 27.0. The van der Waals surface area contributed by atoms with Crippen molar-refractivity contribution in [3.63, 3.8) is 0 Å². The maximum Gasteiger partial charge on any atom is 0.255 e. The van der Waals surface area contributed by atoms with Gasteiger partial charge < -0.3 is 15.1 Å². The van der Waals surface area contributed by atoms with Gasteiger partial charge in [0.1, 0.15) is 17.2 Å². The Morgan fingerprint density at radius 1 is 0.900 bits per heavy atom. The van der Waals surface area contributed by atoms with Crippen LogP contribution in [0.25, 0.3) is 33.4 Å². The van der Waals surface area contributed by atoms with Crippen molar-refractivity contribution in [2.45, 2.75) is 0 Å². The van der Waals surface area contributed by atoms with E-state index in [9.17, 15) is 17.6 Å². The molecule has 0 unspecified atom stereocenters. The van der Waals surface area contributed by atoms with Crippen LogP contribution in [0.2, 0.25) is 0 Å². The molecule has 4 aromatic carbocycles. The second-order valence-electron chi connectivity index (χ2n) is 9.25. The quantitative estimate of drug-likeness (QED) is 0.227. The number of amides is 1. The number of benzene rings is 4. The number of rotatable bonds is 9. The Kier molecular flexibility index (Phi) is 7.57. The van der Waals surface area contributed by atoms with Crippen molar-refractivity contribution < 1.29 is 22.0 Å². The third-order valence-electron chi connectivity index (χ3n) is 6.54. The molecule has 5 rings (SSSR count). The molecule has 0 spiro atoms. The van der Waals surface area contributed by atoms with Gasteiger partial charge in [-0.1, -0.05) is 48.5 Å². The summed E-state index contributed by atoms with van der Waals surface area (Å²) in [5.41, 5.74) is 3.82. The van der Waals surface area contributed by atoms with E-state index < -0.39 is 15.8 Å². The summed E-state index contributed by atoms with van der Waals surface area (Å²) in [6.07, 6.45) is 1.16. The number of nitrogens with zero attached hydrogens (tertiary/aromatic N) is 1. The Hall–Kier alpha value is -4.63. The van der Waals surface area contributed by atoms with E-state index in [2.05, 4.69) is 10.6 Å². The standard InChI is InChI=1S/C31H28FN3O4S/c1-33-31(36)29-26-19-25(21-9-5-3-6-10-21)27(20-28(26)39-30(29)22-13-15-23(32)16-14-22)35(40(2,37)38)18-17-34-24-11-7-4-8-12-24/h3-16,19-20,34H,17-18H2,1-2H3,(H,33,36). The highest BCUT2D eigenvalue weighted by atomic mass is 32.2. The van der Waals surface area contributed by atoms with Crippen LogP contribution in [0.4, 0.5) is 15.8 Å². The van der Waals surface area contributed by atoms with Crippen LogP contribution in [0.1, 0.15) is 10.4 Å².